The molecule has 1 aliphatic carbocycles. The fourth-order valence-electron chi connectivity index (χ4n) is 3.76. The van der Waals surface area contributed by atoms with E-state index in [1.54, 1.807) is 0 Å². The molecule has 1 atom stereocenters. The molecule has 3 rings (SSSR count). The number of amides is 1. The van der Waals surface area contributed by atoms with Crippen molar-refractivity contribution in [1.29, 1.82) is 0 Å². The predicted octanol–water partition coefficient (Wildman–Crippen LogP) is 3.08. The summed E-state index contributed by atoms with van der Waals surface area (Å²) < 4.78 is 0. The Labute approximate surface area is 127 Å². The van der Waals surface area contributed by atoms with Gasteiger partial charge in [-0.3, -0.25) is 4.79 Å². The zero-order valence-corrected chi connectivity index (χ0v) is 13.0. The molecule has 1 aliphatic heterocycles. The van der Waals surface area contributed by atoms with Crippen LogP contribution in [0.4, 0.5) is 0 Å². The van der Waals surface area contributed by atoms with Crippen LogP contribution < -0.4 is 0 Å². The van der Waals surface area contributed by atoms with Gasteiger partial charge in [-0.2, -0.15) is 0 Å². The van der Waals surface area contributed by atoms with Crippen LogP contribution in [0.5, 0.6) is 0 Å². The summed E-state index contributed by atoms with van der Waals surface area (Å²) in [5.41, 5.74) is 1.27. The van der Waals surface area contributed by atoms with Gasteiger partial charge in [0.15, 0.2) is 0 Å². The lowest BCUT2D eigenvalue weighted by Gasteiger charge is -2.40. The summed E-state index contributed by atoms with van der Waals surface area (Å²) in [5.74, 6) is 0.998. The Morgan fingerprint density at radius 2 is 1.86 bits per heavy atom. The van der Waals surface area contributed by atoms with E-state index in [2.05, 4.69) is 41.1 Å². The first-order chi connectivity index (χ1) is 10.2. The third kappa shape index (κ3) is 3.46. The van der Waals surface area contributed by atoms with Crippen molar-refractivity contribution in [2.24, 2.45) is 5.92 Å². The van der Waals surface area contributed by atoms with Crippen LogP contribution in [0.1, 0.15) is 43.7 Å². The minimum atomic E-state index is 0.221. The van der Waals surface area contributed by atoms with Gasteiger partial charge in [0, 0.05) is 26.1 Å². The van der Waals surface area contributed by atoms with Gasteiger partial charge in [0.2, 0.25) is 5.91 Å². The zero-order chi connectivity index (χ0) is 14.7. The lowest BCUT2D eigenvalue weighted by molar-refractivity contribution is -0.137. The molecule has 0 spiro atoms. The van der Waals surface area contributed by atoms with Gasteiger partial charge in [0.1, 0.15) is 0 Å². The largest absolute Gasteiger partial charge is 0.333 e. The molecule has 0 bridgehead atoms. The molecule has 1 saturated carbocycles. The smallest absolute Gasteiger partial charge is 0.223 e. The third-order valence-corrected chi connectivity index (χ3v) is 5.03. The Balaban J connectivity index is 1.72. The standard InChI is InChI=1S/C18H26N2O/c1-19-11-12-20(18(21)13-15-7-5-6-8-15)17(14-19)16-9-3-2-4-10-16/h2-4,9-10,15,17H,5-8,11-14H2,1H3. The van der Waals surface area contributed by atoms with Crippen molar-refractivity contribution in [3.05, 3.63) is 35.9 Å². The van der Waals surface area contributed by atoms with E-state index in [9.17, 15) is 4.79 Å². The minimum Gasteiger partial charge on any atom is -0.333 e. The van der Waals surface area contributed by atoms with E-state index in [-0.39, 0.29) is 6.04 Å². The maximum absolute atomic E-state index is 12.8. The summed E-state index contributed by atoms with van der Waals surface area (Å²) in [6.45, 7) is 2.79. The highest BCUT2D eigenvalue weighted by atomic mass is 16.2. The molecule has 2 fully saturated rings. The van der Waals surface area contributed by atoms with Crippen molar-refractivity contribution in [3.8, 4) is 0 Å². The first kappa shape index (κ1) is 14.6. The van der Waals surface area contributed by atoms with Gasteiger partial charge in [-0.15, -0.1) is 0 Å². The summed E-state index contributed by atoms with van der Waals surface area (Å²) in [6.07, 6.45) is 5.86. The molecule has 0 N–H and O–H groups in total. The number of likely N-dealkylation sites (N-methyl/N-ethyl adjacent to an activating group) is 1. The molecule has 2 aliphatic rings. The Morgan fingerprint density at radius 1 is 1.14 bits per heavy atom. The average Bonchev–Trinajstić information content (AvgIpc) is 3.01. The van der Waals surface area contributed by atoms with E-state index in [4.69, 9.17) is 0 Å². The highest BCUT2D eigenvalue weighted by molar-refractivity contribution is 5.77. The molecule has 21 heavy (non-hydrogen) atoms. The molecule has 3 heteroatoms. The molecular weight excluding hydrogens is 260 g/mol. The Hall–Kier alpha value is -1.35. The number of hydrogen-bond acceptors (Lipinski definition) is 2. The van der Waals surface area contributed by atoms with Gasteiger partial charge in [0.05, 0.1) is 6.04 Å². The maximum atomic E-state index is 12.8. The van der Waals surface area contributed by atoms with E-state index in [0.29, 0.717) is 11.8 Å². The second kappa shape index (κ2) is 6.61. The molecular formula is C18H26N2O. The van der Waals surface area contributed by atoms with Crippen LogP contribution in [-0.2, 0) is 4.79 Å². The maximum Gasteiger partial charge on any atom is 0.223 e. The van der Waals surface area contributed by atoms with Crippen LogP contribution >= 0.6 is 0 Å². The van der Waals surface area contributed by atoms with Gasteiger partial charge in [-0.05, 0) is 31.4 Å². The molecule has 1 heterocycles. The number of rotatable bonds is 3. The van der Waals surface area contributed by atoms with Gasteiger partial charge < -0.3 is 9.80 Å². The van der Waals surface area contributed by atoms with Gasteiger partial charge in [0.25, 0.3) is 0 Å². The van der Waals surface area contributed by atoms with Crippen LogP contribution in [0, 0.1) is 5.92 Å². The molecule has 0 radical (unpaired) electrons. The SMILES string of the molecule is CN1CCN(C(=O)CC2CCCC2)C(c2ccccc2)C1. The monoisotopic (exact) mass is 286 g/mol. The van der Waals surface area contributed by atoms with E-state index in [0.717, 1.165) is 26.1 Å². The van der Waals surface area contributed by atoms with Crippen molar-refractivity contribution in [2.45, 2.75) is 38.1 Å². The third-order valence-electron chi connectivity index (χ3n) is 5.03. The van der Waals surface area contributed by atoms with E-state index < -0.39 is 0 Å². The second-order valence-corrected chi connectivity index (χ2v) is 6.63. The summed E-state index contributed by atoms with van der Waals surface area (Å²) in [5, 5.41) is 0. The minimum absolute atomic E-state index is 0.221. The van der Waals surface area contributed by atoms with Crippen molar-refractivity contribution in [2.75, 3.05) is 26.7 Å². The van der Waals surface area contributed by atoms with E-state index >= 15 is 0 Å². The topological polar surface area (TPSA) is 23.6 Å². The van der Waals surface area contributed by atoms with Gasteiger partial charge in [-0.25, -0.2) is 0 Å². The zero-order valence-electron chi connectivity index (χ0n) is 13.0. The van der Waals surface area contributed by atoms with Crippen molar-refractivity contribution in [3.63, 3.8) is 0 Å². The Kier molecular flexibility index (Phi) is 4.59. The molecule has 3 nitrogen and oxygen atoms in total. The molecule has 114 valence electrons. The van der Waals surface area contributed by atoms with Crippen molar-refractivity contribution >= 4 is 5.91 Å². The van der Waals surface area contributed by atoms with Crippen LogP contribution in [0.2, 0.25) is 0 Å². The number of nitrogens with zero attached hydrogens (tertiary/aromatic N) is 2. The van der Waals surface area contributed by atoms with Gasteiger partial charge in [-0.1, -0.05) is 43.2 Å². The van der Waals surface area contributed by atoms with Crippen LogP contribution in [0.25, 0.3) is 0 Å². The highest BCUT2D eigenvalue weighted by Crippen LogP contribution is 2.31. The van der Waals surface area contributed by atoms with Crippen molar-refractivity contribution < 1.29 is 4.79 Å². The number of hydrogen-bond donors (Lipinski definition) is 0. The predicted molar refractivity (Wildman–Crippen MR) is 85.0 cm³/mol. The molecule has 0 aromatic heterocycles. The van der Waals surface area contributed by atoms with Crippen LogP contribution in [0.3, 0.4) is 0 Å². The fourth-order valence-corrected chi connectivity index (χ4v) is 3.76. The summed E-state index contributed by atoms with van der Waals surface area (Å²) in [4.78, 5) is 17.2. The second-order valence-electron chi connectivity index (χ2n) is 6.63. The lowest BCUT2D eigenvalue weighted by Crippen LogP contribution is -2.49. The Bertz CT molecular complexity index is 467. The quantitative estimate of drug-likeness (QED) is 0.852. The lowest BCUT2D eigenvalue weighted by atomic mass is 9.99. The summed E-state index contributed by atoms with van der Waals surface area (Å²) in [6, 6.07) is 10.7. The molecule has 1 unspecified atom stereocenters. The number of piperazine rings is 1. The van der Waals surface area contributed by atoms with E-state index in [1.807, 2.05) is 6.07 Å². The number of benzene rings is 1. The average molecular weight is 286 g/mol. The molecule has 1 aromatic carbocycles. The van der Waals surface area contributed by atoms with Gasteiger partial charge >= 0.3 is 0 Å². The molecule has 1 amide bonds. The Morgan fingerprint density at radius 3 is 2.57 bits per heavy atom. The number of carbonyl (C=O) groups excluding carboxylic acids is 1. The normalized spacial score (nSPS) is 24.4. The van der Waals surface area contributed by atoms with Crippen molar-refractivity contribution in [1.82, 2.24) is 9.80 Å². The fraction of sp³-hybridized carbons (Fsp3) is 0.611. The van der Waals surface area contributed by atoms with Crippen LogP contribution in [-0.4, -0.2) is 42.4 Å². The van der Waals surface area contributed by atoms with Crippen LogP contribution in [0.15, 0.2) is 30.3 Å². The highest BCUT2D eigenvalue weighted by Gasteiger charge is 2.31. The summed E-state index contributed by atoms with van der Waals surface area (Å²) >= 11 is 0. The summed E-state index contributed by atoms with van der Waals surface area (Å²) in [7, 11) is 2.15. The molecule has 1 saturated heterocycles. The first-order valence-electron chi connectivity index (χ1n) is 8.27. The number of carbonyl (C=O) groups is 1. The molecule has 1 aromatic rings. The first-order valence-corrected chi connectivity index (χ1v) is 8.27. The van der Waals surface area contributed by atoms with E-state index in [1.165, 1.54) is 31.2 Å².